The van der Waals surface area contributed by atoms with Gasteiger partial charge >= 0.3 is 0 Å². The van der Waals surface area contributed by atoms with Gasteiger partial charge in [0, 0.05) is 47.0 Å². The number of hydrogen-bond acceptors (Lipinski definition) is 5. The molecule has 154 valence electrons. The Morgan fingerprint density at radius 3 is 2.93 bits per heavy atom. The highest BCUT2D eigenvalue weighted by Crippen LogP contribution is 2.42. The van der Waals surface area contributed by atoms with Crippen molar-refractivity contribution in [3.63, 3.8) is 0 Å². The fourth-order valence-corrected chi connectivity index (χ4v) is 4.45. The molecule has 1 aliphatic rings. The van der Waals surface area contributed by atoms with Gasteiger partial charge in [-0.1, -0.05) is 6.92 Å². The van der Waals surface area contributed by atoms with E-state index in [0.29, 0.717) is 12.3 Å². The van der Waals surface area contributed by atoms with E-state index in [0.717, 1.165) is 58.6 Å². The van der Waals surface area contributed by atoms with E-state index in [2.05, 4.69) is 37.8 Å². The summed E-state index contributed by atoms with van der Waals surface area (Å²) >= 11 is 0. The van der Waals surface area contributed by atoms with Gasteiger partial charge in [-0.2, -0.15) is 10.2 Å². The highest BCUT2D eigenvalue weighted by atomic mass is 19.1. The van der Waals surface area contributed by atoms with Crippen LogP contribution in [-0.4, -0.2) is 43.7 Å². The molecule has 0 saturated heterocycles. The summed E-state index contributed by atoms with van der Waals surface area (Å²) in [5, 5.41) is 13.0. The molecule has 30 heavy (non-hydrogen) atoms. The van der Waals surface area contributed by atoms with Gasteiger partial charge in [0.25, 0.3) is 0 Å². The van der Waals surface area contributed by atoms with Crippen LogP contribution in [0, 0.1) is 18.2 Å². The predicted octanol–water partition coefficient (Wildman–Crippen LogP) is 3.93. The lowest BCUT2D eigenvalue weighted by molar-refractivity contribution is 0.0596. The number of aromatic amines is 1. The molecule has 0 bridgehead atoms. The van der Waals surface area contributed by atoms with Crippen molar-refractivity contribution in [1.29, 1.82) is 0 Å². The van der Waals surface area contributed by atoms with Crippen LogP contribution in [0.1, 0.15) is 24.7 Å². The van der Waals surface area contributed by atoms with Crippen LogP contribution in [0.15, 0.2) is 30.6 Å². The van der Waals surface area contributed by atoms with Crippen molar-refractivity contribution in [2.45, 2.75) is 33.2 Å². The molecule has 0 aromatic carbocycles. The van der Waals surface area contributed by atoms with Gasteiger partial charge in [0.2, 0.25) is 0 Å². The maximum Gasteiger partial charge on any atom is 0.155 e. The number of pyridine rings is 2. The van der Waals surface area contributed by atoms with Crippen molar-refractivity contribution < 1.29 is 9.13 Å². The minimum atomic E-state index is -0.367. The molecular formula is C22H23FN6O. The van der Waals surface area contributed by atoms with Crippen molar-refractivity contribution in [2.75, 3.05) is 13.7 Å². The highest BCUT2D eigenvalue weighted by molar-refractivity contribution is 5.97. The third kappa shape index (κ3) is 3.08. The van der Waals surface area contributed by atoms with E-state index in [1.807, 2.05) is 6.92 Å². The number of hydrogen-bond donors (Lipinski definition) is 1. The lowest BCUT2D eigenvalue weighted by Crippen LogP contribution is -2.34. The number of methoxy groups -OCH3 is 1. The van der Waals surface area contributed by atoms with E-state index in [1.54, 1.807) is 19.4 Å². The van der Waals surface area contributed by atoms with Crippen molar-refractivity contribution in [3.8, 4) is 22.5 Å². The number of halogens is 1. The molecule has 5 heterocycles. The first kappa shape index (κ1) is 18.9. The Morgan fingerprint density at radius 2 is 2.17 bits per heavy atom. The minimum absolute atomic E-state index is 0.0116. The van der Waals surface area contributed by atoms with Gasteiger partial charge < -0.3 is 4.74 Å². The first-order chi connectivity index (χ1) is 14.5. The predicted molar refractivity (Wildman–Crippen MR) is 111 cm³/mol. The molecule has 0 unspecified atom stereocenters. The number of aryl methyl sites for hydroxylation is 1. The Morgan fingerprint density at radius 1 is 1.30 bits per heavy atom. The second kappa shape index (κ2) is 6.98. The van der Waals surface area contributed by atoms with E-state index in [4.69, 9.17) is 9.84 Å². The summed E-state index contributed by atoms with van der Waals surface area (Å²) in [7, 11) is 1.73. The number of fused-ring (bicyclic) bond motifs is 2. The van der Waals surface area contributed by atoms with Gasteiger partial charge in [0.15, 0.2) is 5.65 Å². The molecule has 0 aliphatic carbocycles. The highest BCUT2D eigenvalue weighted by Gasteiger charge is 2.34. The Hall–Kier alpha value is -3.13. The van der Waals surface area contributed by atoms with Crippen LogP contribution >= 0.6 is 0 Å². The number of H-pyrrole nitrogens is 1. The standard InChI is InChI=1S/C22H23FN6O/c1-13-8-15(16-10-25-27-21(16)26-13)19-18-6-7-22(2,12-30-3)11-29(18)28-20(19)17-5-4-14(23)9-24-17/h4-5,8-10H,6-7,11-12H2,1-3H3,(H,25,26,27)/t22-/m0/s1. The topological polar surface area (TPSA) is 81.5 Å². The quantitative estimate of drug-likeness (QED) is 0.555. The van der Waals surface area contributed by atoms with Crippen LogP contribution in [0.4, 0.5) is 4.39 Å². The third-order valence-corrected chi connectivity index (χ3v) is 5.84. The number of nitrogens with zero attached hydrogens (tertiary/aromatic N) is 5. The first-order valence-corrected chi connectivity index (χ1v) is 9.99. The van der Waals surface area contributed by atoms with Crippen LogP contribution in [0.3, 0.4) is 0 Å². The summed E-state index contributed by atoms with van der Waals surface area (Å²) in [6, 6.07) is 5.17. The second-order valence-electron chi connectivity index (χ2n) is 8.38. The molecule has 4 aromatic heterocycles. The molecule has 1 aliphatic heterocycles. The number of aromatic nitrogens is 6. The number of nitrogens with one attached hydrogen (secondary N) is 1. The van der Waals surface area contributed by atoms with Crippen molar-refractivity contribution >= 4 is 11.0 Å². The Kier molecular flexibility index (Phi) is 4.39. The van der Waals surface area contributed by atoms with Crippen molar-refractivity contribution in [1.82, 2.24) is 29.9 Å². The summed E-state index contributed by atoms with van der Waals surface area (Å²) in [4.78, 5) is 8.88. The lowest BCUT2D eigenvalue weighted by atomic mass is 9.82. The van der Waals surface area contributed by atoms with Crippen LogP contribution in [0.25, 0.3) is 33.5 Å². The van der Waals surface area contributed by atoms with Crippen LogP contribution in [0.5, 0.6) is 0 Å². The van der Waals surface area contributed by atoms with Crippen molar-refractivity contribution in [2.24, 2.45) is 5.41 Å². The van der Waals surface area contributed by atoms with Gasteiger partial charge in [-0.05, 0) is 38.0 Å². The fraction of sp³-hybridized carbons (Fsp3) is 0.364. The monoisotopic (exact) mass is 406 g/mol. The molecule has 0 saturated carbocycles. The fourth-order valence-electron chi connectivity index (χ4n) is 4.45. The smallest absolute Gasteiger partial charge is 0.155 e. The van der Waals surface area contributed by atoms with E-state index in [9.17, 15) is 4.39 Å². The molecule has 7 nitrogen and oxygen atoms in total. The number of ether oxygens (including phenoxy) is 1. The zero-order chi connectivity index (χ0) is 20.9. The SMILES string of the molecule is COC[C@@]1(C)CCc2c(-c3cc(C)nc4[nH]ncc34)c(-c3ccc(F)cn3)nn2C1. The summed E-state index contributed by atoms with van der Waals surface area (Å²) < 4.78 is 21.1. The van der Waals surface area contributed by atoms with Gasteiger partial charge in [0.1, 0.15) is 11.5 Å². The minimum Gasteiger partial charge on any atom is -0.384 e. The van der Waals surface area contributed by atoms with E-state index < -0.39 is 0 Å². The van der Waals surface area contributed by atoms with Gasteiger partial charge in [-0.25, -0.2) is 9.37 Å². The van der Waals surface area contributed by atoms with Crippen LogP contribution in [-0.2, 0) is 17.7 Å². The average molecular weight is 406 g/mol. The first-order valence-electron chi connectivity index (χ1n) is 9.99. The van der Waals surface area contributed by atoms with Crippen LogP contribution in [0.2, 0.25) is 0 Å². The summed E-state index contributed by atoms with van der Waals surface area (Å²) in [5.41, 5.74) is 6.22. The molecule has 1 atom stereocenters. The summed E-state index contributed by atoms with van der Waals surface area (Å²) in [6.45, 7) is 5.61. The van der Waals surface area contributed by atoms with E-state index >= 15 is 0 Å². The van der Waals surface area contributed by atoms with E-state index in [-0.39, 0.29) is 11.2 Å². The maximum atomic E-state index is 13.5. The molecule has 0 spiro atoms. The Balaban J connectivity index is 1.76. The average Bonchev–Trinajstić information content (AvgIpc) is 3.32. The summed E-state index contributed by atoms with van der Waals surface area (Å²) in [6.07, 6.45) is 4.89. The van der Waals surface area contributed by atoms with E-state index in [1.165, 1.54) is 12.3 Å². The molecule has 0 fully saturated rings. The molecule has 0 radical (unpaired) electrons. The zero-order valence-corrected chi connectivity index (χ0v) is 17.2. The molecular weight excluding hydrogens is 383 g/mol. The number of rotatable bonds is 4. The normalized spacial score (nSPS) is 18.7. The lowest BCUT2D eigenvalue weighted by Gasteiger charge is -2.33. The second-order valence-corrected chi connectivity index (χ2v) is 8.38. The summed E-state index contributed by atoms with van der Waals surface area (Å²) in [5.74, 6) is -0.367. The van der Waals surface area contributed by atoms with Crippen molar-refractivity contribution in [3.05, 3.63) is 47.8 Å². The largest absolute Gasteiger partial charge is 0.384 e. The van der Waals surface area contributed by atoms with Crippen LogP contribution < -0.4 is 0 Å². The zero-order valence-electron chi connectivity index (χ0n) is 17.2. The molecule has 8 heteroatoms. The Bertz CT molecular complexity index is 1230. The molecule has 4 aromatic rings. The van der Waals surface area contributed by atoms with Gasteiger partial charge in [-0.3, -0.25) is 14.8 Å². The van der Waals surface area contributed by atoms with Gasteiger partial charge in [0.05, 0.1) is 24.7 Å². The van der Waals surface area contributed by atoms with Gasteiger partial charge in [-0.15, -0.1) is 0 Å². The molecule has 5 rings (SSSR count). The molecule has 1 N–H and O–H groups in total. The maximum absolute atomic E-state index is 13.5. The molecule has 0 amide bonds. The third-order valence-electron chi connectivity index (χ3n) is 5.84. The Labute approximate surface area is 173 Å².